The highest BCUT2D eigenvalue weighted by Gasteiger charge is 2.19. The minimum Gasteiger partial charge on any atom is -0.462 e. The minimum atomic E-state index is -0.758. The normalized spacial score (nSPS) is 12.4. The summed E-state index contributed by atoms with van der Waals surface area (Å²) in [5.74, 6) is 0.0335. The van der Waals surface area contributed by atoms with Crippen molar-refractivity contribution in [2.45, 2.75) is 284 Å². The smallest absolute Gasteiger partial charge is 0.306 e. The highest BCUT2D eigenvalue weighted by Crippen LogP contribution is 2.17. The molecule has 0 spiro atoms. The Morgan fingerprint density at radius 3 is 0.929 bits per heavy atom. The van der Waals surface area contributed by atoms with Crippen LogP contribution in [-0.4, -0.2) is 37.2 Å². The van der Waals surface area contributed by atoms with Gasteiger partial charge in [-0.05, 0) is 25.2 Å². The van der Waals surface area contributed by atoms with Crippen molar-refractivity contribution in [2.24, 2.45) is 5.92 Å². The maximum absolute atomic E-state index is 12.6. The predicted molar refractivity (Wildman–Crippen MR) is 238 cm³/mol. The number of carbonyl (C=O) groups excluding carboxylic acids is 3. The third-order valence-corrected chi connectivity index (χ3v) is 11.7. The Labute approximate surface area is 348 Å². The molecular formula is C50H96O6. The summed E-state index contributed by atoms with van der Waals surface area (Å²) >= 11 is 0. The maximum atomic E-state index is 12.6. The van der Waals surface area contributed by atoms with E-state index in [9.17, 15) is 14.4 Å². The fourth-order valence-corrected chi connectivity index (χ4v) is 7.48. The molecule has 0 bridgehead atoms. The van der Waals surface area contributed by atoms with Gasteiger partial charge in [0.2, 0.25) is 0 Å². The van der Waals surface area contributed by atoms with Crippen molar-refractivity contribution in [3.8, 4) is 0 Å². The molecule has 0 aromatic rings. The zero-order valence-electron chi connectivity index (χ0n) is 38.1. The summed E-state index contributed by atoms with van der Waals surface area (Å²) in [4.78, 5) is 37.6. The van der Waals surface area contributed by atoms with Gasteiger partial charge in [0.05, 0.1) is 0 Å². The van der Waals surface area contributed by atoms with E-state index in [1.807, 2.05) is 0 Å². The van der Waals surface area contributed by atoms with Crippen molar-refractivity contribution in [1.29, 1.82) is 0 Å². The van der Waals surface area contributed by atoms with Crippen molar-refractivity contribution in [3.63, 3.8) is 0 Å². The summed E-state index contributed by atoms with van der Waals surface area (Å²) in [6, 6.07) is 0. The first-order valence-electron chi connectivity index (χ1n) is 24.9. The molecule has 0 fully saturated rings. The Bertz CT molecular complexity index is 843. The quantitative estimate of drug-likeness (QED) is 0.0347. The second-order valence-corrected chi connectivity index (χ2v) is 17.3. The van der Waals surface area contributed by atoms with Crippen LogP contribution >= 0.6 is 0 Å². The van der Waals surface area contributed by atoms with Crippen molar-refractivity contribution in [1.82, 2.24) is 0 Å². The number of rotatable bonds is 45. The lowest BCUT2D eigenvalue weighted by Crippen LogP contribution is -2.30. The molecule has 0 aliphatic rings. The van der Waals surface area contributed by atoms with E-state index in [2.05, 4.69) is 27.7 Å². The monoisotopic (exact) mass is 793 g/mol. The molecule has 0 aromatic heterocycles. The van der Waals surface area contributed by atoms with Gasteiger partial charge in [0, 0.05) is 19.3 Å². The van der Waals surface area contributed by atoms with Crippen LogP contribution in [0.3, 0.4) is 0 Å². The number of ether oxygens (including phenoxy) is 3. The average Bonchev–Trinajstić information content (AvgIpc) is 3.19. The van der Waals surface area contributed by atoms with Gasteiger partial charge in [-0.15, -0.1) is 0 Å². The molecule has 0 aliphatic carbocycles. The lowest BCUT2D eigenvalue weighted by atomic mass is 9.99. The zero-order valence-corrected chi connectivity index (χ0v) is 38.1. The molecular weight excluding hydrogens is 697 g/mol. The molecule has 332 valence electrons. The largest absolute Gasteiger partial charge is 0.462 e. The summed E-state index contributed by atoms with van der Waals surface area (Å²) in [6.07, 6.45) is 45.4. The van der Waals surface area contributed by atoms with Crippen LogP contribution in [0.25, 0.3) is 0 Å². The van der Waals surface area contributed by atoms with Crippen LogP contribution in [0, 0.1) is 5.92 Å². The predicted octanol–water partition coefficient (Wildman–Crippen LogP) is 15.9. The Hall–Kier alpha value is -1.59. The zero-order chi connectivity index (χ0) is 41.0. The highest BCUT2D eigenvalue weighted by atomic mass is 16.6. The van der Waals surface area contributed by atoms with Gasteiger partial charge >= 0.3 is 17.9 Å². The standard InChI is InChI=1S/C50H96O6/c1-5-8-10-12-13-14-15-16-17-21-24-27-30-34-37-41-48(51)54-44-47(56-50(53)43-39-32-11-9-6-2)45-55-49(52)42-38-35-31-28-25-22-19-18-20-23-26-29-33-36-40-46(4)7-3/h46-47H,5-45H2,1-4H3/t46?,47-/m0/s1. The van der Waals surface area contributed by atoms with Crippen molar-refractivity contribution in [2.75, 3.05) is 13.2 Å². The molecule has 56 heavy (non-hydrogen) atoms. The molecule has 0 saturated heterocycles. The van der Waals surface area contributed by atoms with Crippen LogP contribution in [0.15, 0.2) is 0 Å². The van der Waals surface area contributed by atoms with Crippen LogP contribution in [0.2, 0.25) is 0 Å². The highest BCUT2D eigenvalue weighted by molar-refractivity contribution is 5.71. The molecule has 2 atom stereocenters. The first-order valence-corrected chi connectivity index (χ1v) is 24.9. The van der Waals surface area contributed by atoms with E-state index in [1.165, 1.54) is 167 Å². The number of esters is 3. The van der Waals surface area contributed by atoms with Gasteiger partial charge in [-0.2, -0.15) is 0 Å². The number of hydrogen-bond acceptors (Lipinski definition) is 6. The van der Waals surface area contributed by atoms with E-state index < -0.39 is 6.10 Å². The van der Waals surface area contributed by atoms with Gasteiger partial charge in [0.1, 0.15) is 13.2 Å². The average molecular weight is 793 g/mol. The van der Waals surface area contributed by atoms with E-state index in [-0.39, 0.29) is 31.1 Å². The number of unbranched alkanes of at least 4 members (excludes halogenated alkanes) is 31. The maximum Gasteiger partial charge on any atom is 0.306 e. The Morgan fingerprint density at radius 2 is 0.625 bits per heavy atom. The SMILES string of the molecule is CCCCCCCCCCCCCCCCCC(=O)OC[C@@H](COC(=O)CCCCCCCCCCCCCCCCC(C)CC)OC(=O)CCCCCCC. The number of carbonyl (C=O) groups is 3. The molecule has 0 aliphatic heterocycles. The molecule has 0 N–H and O–H groups in total. The molecule has 0 heterocycles. The van der Waals surface area contributed by atoms with Gasteiger partial charge < -0.3 is 14.2 Å². The van der Waals surface area contributed by atoms with Crippen LogP contribution in [0.5, 0.6) is 0 Å². The summed E-state index contributed by atoms with van der Waals surface area (Å²) in [7, 11) is 0. The first-order chi connectivity index (χ1) is 27.4. The molecule has 0 saturated carbocycles. The van der Waals surface area contributed by atoms with Gasteiger partial charge in [0.25, 0.3) is 0 Å². The van der Waals surface area contributed by atoms with Gasteiger partial charge in [-0.1, -0.05) is 240 Å². The van der Waals surface area contributed by atoms with Crippen LogP contribution in [0.4, 0.5) is 0 Å². The third-order valence-electron chi connectivity index (χ3n) is 11.7. The van der Waals surface area contributed by atoms with Crippen LogP contribution in [-0.2, 0) is 28.6 Å². The Balaban J connectivity index is 4.07. The van der Waals surface area contributed by atoms with Crippen molar-refractivity contribution >= 4 is 17.9 Å². The summed E-state index contributed by atoms with van der Waals surface area (Å²) in [6.45, 7) is 8.98. The third kappa shape index (κ3) is 42.0. The lowest BCUT2D eigenvalue weighted by Gasteiger charge is -2.18. The van der Waals surface area contributed by atoms with Crippen LogP contribution in [0.1, 0.15) is 278 Å². The van der Waals surface area contributed by atoms with E-state index in [4.69, 9.17) is 14.2 Å². The van der Waals surface area contributed by atoms with Crippen LogP contribution < -0.4 is 0 Å². The van der Waals surface area contributed by atoms with E-state index in [0.717, 1.165) is 70.1 Å². The number of hydrogen-bond donors (Lipinski definition) is 0. The van der Waals surface area contributed by atoms with Gasteiger partial charge in [0.15, 0.2) is 6.10 Å². The summed E-state index contributed by atoms with van der Waals surface area (Å²) in [5.41, 5.74) is 0. The van der Waals surface area contributed by atoms with Crippen molar-refractivity contribution < 1.29 is 28.6 Å². The fraction of sp³-hybridized carbons (Fsp3) is 0.940. The Morgan fingerprint density at radius 1 is 0.357 bits per heavy atom. The fourth-order valence-electron chi connectivity index (χ4n) is 7.48. The molecule has 6 nitrogen and oxygen atoms in total. The molecule has 0 radical (unpaired) electrons. The summed E-state index contributed by atoms with van der Waals surface area (Å²) in [5, 5.41) is 0. The molecule has 0 rings (SSSR count). The van der Waals surface area contributed by atoms with E-state index in [0.29, 0.717) is 19.3 Å². The topological polar surface area (TPSA) is 78.9 Å². The molecule has 0 aromatic carbocycles. The second kappa shape index (κ2) is 44.5. The Kier molecular flexibility index (Phi) is 43.2. The molecule has 1 unspecified atom stereocenters. The molecule has 0 amide bonds. The van der Waals surface area contributed by atoms with E-state index >= 15 is 0 Å². The van der Waals surface area contributed by atoms with Gasteiger partial charge in [-0.3, -0.25) is 14.4 Å². The lowest BCUT2D eigenvalue weighted by molar-refractivity contribution is -0.167. The second-order valence-electron chi connectivity index (χ2n) is 17.3. The first kappa shape index (κ1) is 54.4. The molecule has 6 heteroatoms. The van der Waals surface area contributed by atoms with E-state index in [1.54, 1.807) is 0 Å². The van der Waals surface area contributed by atoms with Gasteiger partial charge in [-0.25, -0.2) is 0 Å². The summed E-state index contributed by atoms with van der Waals surface area (Å²) < 4.78 is 16.7. The van der Waals surface area contributed by atoms with Crippen molar-refractivity contribution in [3.05, 3.63) is 0 Å². The minimum absolute atomic E-state index is 0.0645.